The second kappa shape index (κ2) is 6.14. The Bertz CT molecular complexity index is 760. The zero-order valence-electron chi connectivity index (χ0n) is 13.3. The number of nitrogens with one attached hydrogen (secondary N) is 1. The van der Waals surface area contributed by atoms with Crippen LogP contribution in [-0.2, 0) is 6.42 Å². The molecule has 1 unspecified atom stereocenters. The molecular weight excluding hydrogens is 270 g/mol. The van der Waals surface area contributed by atoms with Crippen LogP contribution in [-0.4, -0.2) is 15.0 Å². The Kier molecular flexibility index (Phi) is 4.05. The van der Waals surface area contributed by atoms with E-state index in [1.54, 1.807) is 6.33 Å². The van der Waals surface area contributed by atoms with Gasteiger partial charge in [-0.05, 0) is 61.6 Å². The first-order valence-corrected chi connectivity index (χ1v) is 7.61. The van der Waals surface area contributed by atoms with Crippen LogP contribution in [0.15, 0.2) is 49.1 Å². The number of aromatic nitrogens is 3. The lowest BCUT2D eigenvalue weighted by atomic mass is 9.86. The van der Waals surface area contributed by atoms with E-state index in [4.69, 9.17) is 0 Å². The summed E-state index contributed by atoms with van der Waals surface area (Å²) in [4.78, 5) is 11.8. The van der Waals surface area contributed by atoms with Crippen LogP contribution >= 0.6 is 0 Å². The molecule has 0 saturated heterocycles. The molecule has 1 atom stereocenters. The van der Waals surface area contributed by atoms with E-state index in [1.165, 1.54) is 22.3 Å². The molecule has 0 fully saturated rings. The Morgan fingerprint density at radius 2 is 2.00 bits per heavy atom. The van der Waals surface area contributed by atoms with Gasteiger partial charge in [0.1, 0.15) is 0 Å². The van der Waals surface area contributed by atoms with E-state index in [9.17, 15) is 0 Å². The predicted molar refractivity (Wildman–Crippen MR) is 89.0 cm³/mol. The largest absolute Gasteiger partial charge is 0.348 e. The summed E-state index contributed by atoms with van der Waals surface area (Å²) in [6.07, 6.45) is 6.51. The summed E-state index contributed by atoms with van der Waals surface area (Å²) in [7, 11) is 0. The van der Waals surface area contributed by atoms with E-state index in [0.29, 0.717) is 0 Å². The lowest BCUT2D eigenvalue weighted by Gasteiger charge is -2.20. The quantitative estimate of drug-likeness (QED) is 0.786. The third-order valence-corrected chi connectivity index (χ3v) is 4.32. The first kappa shape index (κ1) is 14.5. The van der Waals surface area contributed by atoms with Crippen LogP contribution in [0.2, 0.25) is 0 Å². The lowest BCUT2D eigenvalue weighted by Crippen LogP contribution is -2.08. The van der Waals surface area contributed by atoms with Crippen LogP contribution in [0.5, 0.6) is 0 Å². The molecular formula is C19H21N3. The van der Waals surface area contributed by atoms with E-state index in [1.807, 2.05) is 19.3 Å². The summed E-state index contributed by atoms with van der Waals surface area (Å²) >= 11 is 0. The van der Waals surface area contributed by atoms with Gasteiger partial charge in [-0.1, -0.05) is 18.2 Å². The van der Waals surface area contributed by atoms with Gasteiger partial charge in [-0.25, -0.2) is 4.98 Å². The average Bonchev–Trinajstić information content (AvgIpc) is 3.02. The van der Waals surface area contributed by atoms with E-state index in [0.717, 1.165) is 17.8 Å². The maximum Gasteiger partial charge on any atom is 0.0921 e. The smallest absolute Gasteiger partial charge is 0.0921 e. The molecule has 0 radical (unpaired) electrons. The number of rotatable bonds is 4. The summed E-state index contributed by atoms with van der Waals surface area (Å²) in [6.45, 7) is 6.40. The molecule has 0 amide bonds. The van der Waals surface area contributed by atoms with Gasteiger partial charge in [0.2, 0.25) is 0 Å². The first-order chi connectivity index (χ1) is 10.6. The second-order valence-corrected chi connectivity index (χ2v) is 5.86. The van der Waals surface area contributed by atoms with E-state index >= 15 is 0 Å². The Hall–Kier alpha value is -2.42. The van der Waals surface area contributed by atoms with Gasteiger partial charge in [0.25, 0.3) is 0 Å². The molecule has 112 valence electrons. The van der Waals surface area contributed by atoms with Crippen molar-refractivity contribution < 1.29 is 0 Å². The number of H-pyrrole nitrogens is 1. The minimum absolute atomic E-state index is 0.282. The Balaban J connectivity index is 2.03. The molecule has 2 heterocycles. The summed E-state index contributed by atoms with van der Waals surface area (Å²) in [6, 6.07) is 10.8. The fourth-order valence-corrected chi connectivity index (χ4v) is 2.96. The highest BCUT2D eigenvalue weighted by atomic mass is 14.9. The first-order valence-electron chi connectivity index (χ1n) is 7.61. The number of pyridine rings is 1. The molecule has 3 heteroatoms. The van der Waals surface area contributed by atoms with Crippen LogP contribution in [0.25, 0.3) is 0 Å². The zero-order valence-corrected chi connectivity index (χ0v) is 13.3. The number of hydrogen-bond donors (Lipinski definition) is 1. The zero-order chi connectivity index (χ0) is 15.5. The molecule has 3 aromatic rings. The lowest BCUT2D eigenvalue weighted by molar-refractivity contribution is 0.770. The van der Waals surface area contributed by atoms with Crippen molar-refractivity contribution in [1.82, 2.24) is 15.0 Å². The number of benzene rings is 1. The van der Waals surface area contributed by atoms with Gasteiger partial charge in [-0.2, -0.15) is 0 Å². The van der Waals surface area contributed by atoms with Crippen LogP contribution in [0.4, 0.5) is 0 Å². The van der Waals surface area contributed by atoms with E-state index in [2.05, 4.69) is 59.1 Å². The molecule has 0 aliphatic rings. The van der Waals surface area contributed by atoms with Crippen LogP contribution in [0, 0.1) is 20.8 Å². The molecule has 0 saturated carbocycles. The van der Waals surface area contributed by atoms with Crippen molar-refractivity contribution in [2.24, 2.45) is 0 Å². The normalized spacial score (nSPS) is 12.3. The van der Waals surface area contributed by atoms with Crippen molar-refractivity contribution in [3.05, 3.63) is 82.7 Å². The van der Waals surface area contributed by atoms with Crippen molar-refractivity contribution in [2.75, 3.05) is 0 Å². The number of aromatic amines is 1. The summed E-state index contributed by atoms with van der Waals surface area (Å²) in [5, 5.41) is 0. The van der Waals surface area contributed by atoms with Gasteiger partial charge < -0.3 is 4.98 Å². The molecule has 0 bridgehead atoms. The third-order valence-electron chi connectivity index (χ3n) is 4.32. The van der Waals surface area contributed by atoms with Crippen molar-refractivity contribution in [1.29, 1.82) is 0 Å². The van der Waals surface area contributed by atoms with Crippen molar-refractivity contribution >= 4 is 0 Å². The van der Waals surface area contributed by atoms with Gasteiger partial charge in [0.05, 0.1) is 6.33 Å². The molecule has 1 aromatic carbocycles. The van der Waals surface area contributed by atoms with Crippen molar-refractivity contribution in [2.45, 2.75) is 33.1 Å². The van der Waals surface area contributed by atoms with Crippen LogP contribution in [0.3, 0.4) is 0 Å². The Morgan fingerprint density at radius 1 is 1.14 bits per heavy atom. The monoisotopic (exact) mass is 291 g/mol. The fraction of sp³-hybridized carbons (Fsp3) is 0.263. The molecule has 1 N–H and O–H groups in total. The number of aryl methyl sites for hydroxylation is 2. The van der Waals surface area contributed by atoms with Gasteiger partial charge in [-0.3, -0.25) is 4.98 Å². The Morgan fingerprint density at radius 3 is 2.73 bits per heavy atom. The molecule has 0 spiro atoms. The summed E-state index contributed by atoms with van der Waals surface area (Å²) < 4.78 is 0. The maximum atomic E-state index is 4.29. The second-order valence-electron chi connectivity index (χ2n) is 5.86. The summed E-state index contributed by atoms with van der Waals surface area (Å²) in [5.41, 5.74) is 7.55. The highest BCUT2D eigenvalue weighted by molar-refractivity contribution is 5.40. The maximum absolute atomic E-state index is 4.29. The third kappa shape index (κ3) is 2.93. The fourth-order valence-electron chi connectivity index (χ4n) is 2.96. The number of hydrogen-bond acceptors (Lipinski definition) is 2. The Labute approximate surface area is 131 Å². The molecule has 3 nitrogen and oxygen atoms in total. The molecule has 22 heavy (non-hydrogen) atoms. The minimum Gasteiger partial charge on any atom is -0.348 e. The van der Waals surface area contributed by atoms with Gasteiger partial charge in [0.15, 0.2) is 0 Å². The SMILES string of the molecule is Cc1cc(CC(c2cnc[nH]2)c2cccc(C)c2C)ccn1. The minimum atomic E-state index is 0.282. The number of nitrogens with zero attached hydrogens (tertiary/aromatic N) is 2. The van der Waals surface area contributed by atoms with Gasteiger partial charge >= 0.3 is 0 Å². The van der Waals surface area contributed by atoms with E-state index < -0.39 is 0 Å². The highest BCUT2D eigenvalue weighted by Crippen LogP contribution is 2.30. The molecule has 0 aliphatic carbocycles. The standard InChI is InChI=1S/C19H21N3/c1-13-5-4-6-17(15(13)3)18(19-11-20-12-22-19)10-16-7-8-21-14(2)9-16/h4-9,11-12,18H,10H2,1-3H3,(H,20,22). The summed E-state index contributed by atoms with van der Waals surface area (Å²) in [5.74, 6) is 0.282. The molecule has 2 aromatic heterocycles. The predicted octanol–water partition coefficient (Wildman–Crippen LogP) is 4.10. The molecule has 0 aliphatic heterocycles. The van der Waals surface area contributed by atoms with Crippen LogP contribution < -0.4 is 0 Å². The topological polar surface area (TPSA) is 41.6 Å². The van der Waals surface area contributed by atoms with Gasteiger partial charge in [0, 0.05) is 29.7 Å². The van der Waals surface area contributed by atoms with E-state index in [-0.39, 0.29) is 5.92 Å². The van der Waals surface area contributed by atoms with Gasteiger partial charge in [-0.15, -0.1) is 0 Å². The van der Waals surface area contributed by atoms with Crippen molar-refractivity contribution in [3.63, 3.8) is 0 Å². The van der Waals surface area contributed by atoms with Crippen molar-refractivity contribution in [3.8, 4) is 0 Å². The number of imidazole rings is 1. The highest BCUT2D eigenvalue weighted by Gasteiger charge is 2.19. The average molecular weight is 291 g/mol. The molecule has 3 rings (SSSR count). The van der Waals surface area contributed by atoms with Crippen LogP contribution in [0.1, 0.15) is 39.6 Å².